The molecule has 0 saturated carbocycles. The van der Waals surface area contributed by atoms with E-state index in [9.17, 15) is 9.59 Å². The Kier molecular flexibility index (Phi) is 13.6. The first-order chi connectivity index (χ1) is 17.8. The van der Waals surface area contributed by atoms with Crippen LogP contribution in [-0.2, 0) is 4.79 Å². The number of fused-ring (bicyclic) bond motifs is 1. The molecular weight excluding hydrogens is 468 g/mol. The van der Waals surface area contributed by atoms with Gasteiger partial charge in [0.15, 0.2) is 17.1 Å². The van der Waals surface area contributed by atoms with Crippen molar-refractivity contribution >= 4 is 16.9 Å². The molecule has 2 aromatic rings. The molecule has 0 saturated heterocycles. The summed E-state index contributed by atoms with van der Waals surface area (Å²) in [5.41, 5.74) is 1.98. The molecular formula is C31H44O6. The smallest absolute Gasteiger partial charge is 0.383 e. The van der Waals surface area contributed by atoms with Crippen molar-refractivity contribution in [3.8, 4) is 17.2 Å². The largest absolute Gasteiger partial charge is 0.490 e. The molecule has 1 heterocycles. The van der Waals surface area contributed by atoms with Gasteiger partial charge in [0.25, 0.3) is 0 Å². The first-order valence-corrected chi connectivity index (χ1v) is 13.7. The maximum Gasteiger partial charge on any atom is 0.383 e. The maximum atomic E-state index is 12.9. The average molecular weight is 513 g/mol. The first kappa shape index (κ1) is 30.2. The predicted octanol–water partition coefficient (Wildman–Crippen LogP) is 8.31. The van der Waals surface area contributed by atoms with Crippen LogP contribution in [0, 0.1) is 0 Å². The maximum absolute atomic E-state index is 12.9. The van der Waals surface area contributed by atoms with Gasteiger partial charge in [-0.2, -0.15) is 0 Å². The van der Waals surface area contributed by atoms with Crippen LogP contribution in [0.1, 0.15) is 98.8 Å². The van der Waals surface area contributed by atoms with Crippen LogP contribution in [0.15, 0.2) is 50.7 Å². The summed E-state index contributed by atoms with van der Waals surface area (Å²) in [5, 5.41) is 0.461. The quantitative estimate of drug-likeness (QED) is 0.0918. The van der Waals surface area contributed by atoms with Crippen molar-refractivity contribution in [1.82, 2.24) is 0 Å². The molecule has 1 aromatic heterocycles. The van der Waals surface area contributed by atoms with E-state index in [1.807, 2.05) is 13.0 Å². The van der Waals surface area contributed by atoms with E-state index in [2.05, 4.69) is 26.8 Å². The number of para-hydroxylation sites is 1. The third kappa shape index (κ3) is 10.9. The van der Waals surface area contributed by atoms with Crippen LogP contribution in [0.5, 0.6) is 17.2 Å². The molecule has 0 aliphatic heterocycles. The fourth-order valence-electron chi connectivity index (χ4n) is 4.01. The molecule has 0 bridgehead atoms. The number of ether oxygens (including phenoxy) is 3. The zero-order valence-corrected chi connectivity index (χ0v) is 23.3. The highest BCUT2D eigenvalue weighted by Crippen LogP contribution is 2.37. The highest BCUT2D eigenvalue weighted by atomic mass is 16.6. The number of rotatable bonds is 17. The van der Waals surface area contributed by atoms with E-state index in [4.69, 9.17) is 18.6 Å². The van der Waals surface area contributed by atoms with Gasteiger partial charge in [-0.05, 0) is 58.2 Å². The number of carbonyl (C=O) groups excluding carboxylic acids is 1. The summed E-state index contributed by atoms with van der Waals surface area (Å²) in [6, 6.07) is 5.27. The number of carbonyl (C=O) groups is 1. The molecule has 0 aliphatic carbocycles. The van der Waals surface area contributed by atoms with Gasteiger partial charge in [0.05, 0.1) is 12.0 Å². The van der Waals surface area contributed by atoms with Crippen molar-refractivity contribution in [2.24, 2.45) is 0 Å². The van der Waals surface area contributed by atoms with Gasteiger partial charge in [-0.25, -0.2) is 4.79 Å². The van der Waals surface area contributed by atoms with Gasteiger partial charge in [0.1, 0.15) is 6.61 Å². The number of benzene rings is 1. The van der Waals surface area contributed by atoms with Gasteiger partial charge in [-0.3, -0.25) is 4.79 Å². The van der Waals surface area contributed by atoms with Crippen LogP contribution < -0.4 is 19.8 Å². The lowest BCUT2D eigenvalue weighted by Crippen LogP contribution is -2.13. The topological polar surface area (TPSA) is 75.0 Å². The second kappa shape index (κ2) is 16.7. The number of hydrogen-bond donors (Lipinski definition) is 0. The monoisotopic (exact) mass is 512 g/mol. The molecule has 2 rings (SSSR count). The van der Waals surface area contributed by atoms with Crippen LogP contribution in [0.3, 0.4) is 0 Å². The van der Waals surface area contributed by atoms with Crippen LogP contribution in [0.4, 0.5) is 0 Å². The SMILES string of the molecule is CCCCCCCCCCOc1cccc2c(OC(C)=O)c(OCC=C(C)CCC=C(C)C)c(=O)oc12. The van der Waals surface area contributed by atoms with E-state index in [0.29, 0.717) is 17.7 Å². The Labute approximate surface area is 221 Å². The Morgan fingerprint density at radius 2 is 1.59 bits per heavy atom. The number of unbranched alkanes of at least 4 members (excludes halogenated alkanes) is 7. The Balaban J connectivity index is 2.10. The molecule has 0 unspecified atom stereocenters. The number of esters is 1. The van der Waals surface area contributed by atoms with Crippen LogP contribution in [-0.4, -0.2) is 19.2 Å². The molecule has 37 heavy (non-hydrogen) atoms. The Morgan fingerprint density at radius 1 is 0.892 bits per heavy atom. The molecule has 6 heteroatoms. The summed E-state index contributed by atoms with van der Waals surface area (Å²) in [4.78, 5) is 24.7. The second-order valence-corrected chi connectivity index (χ2v) is 9.78. The van der Waals surface area contributed by atoms with E-state index >= 15 is 0 Å². The van der Waals surface area contributed by atoms with Crippen LogP contribution in [0.2, 0.25) is 0 Å². The van der Waals surface area contributed by atoms with E-state index in [1.165, 1.54) is 51.0 Å². The Hall–Kier alpha value is -3.02. The molecule has 0 N–H and O–H groups in total. The van der Waals surface area contributed by atoms with Crippen molar-refractivity contribution in [3.05, 3.63) is 51.9 Å². The number of hydrogen-bond acceptors (Lipinski definition) is 6. The van der Waals surface area contributed by atoms with E-state index in [0.717, 1.165) is 31.3 Å². The zero-order chi connectivity index (χ0) is 27.0. The van der Waals surface area contributed by atoms with Gasteiger partial charge in [0.2, 0.25) is 5.75 Å². The molecule has 1 aromatic carbocycles. The summed E-state index contributed by atoms with van der Waals surface area (Å²) in [5.74, 6) is -0.147. The molecule has 0 atom stereocenters. The minimum absolute atomic E-state index is 0.0619. The summed E-state index contributed by atoms with van der Waals surface area (Å²) in [6.07, 6.45) is 15.6. The van der Waals surface area contributed by atoms with E-state index in [-0.39, 0.29) is 23.7 Å². The average Bonchev–Trinajstić information content (AvgIpc) is 2.84. The fourth-order valence-corrected chi connectivity index (χ4v) is 4.01. The second-order valence-electron chi connectivity index (χ2n) is 9.78. The predicted molar refractivity (Wildman–Crippen MR) is 150 cm³/mol. The molecule has 204 valence electrons. The van der Waals surface area contributed by atoms with E-state index in [1.54, 1.807) is 18.2 Å². The van der Waals surface area contributed by atoms with Crippen molar-refractivity contribution in [2.75, 3.05) is 13.2 Å². The van der Waals surface area contributed by atoms with Gasteiger partial charge >= 0.3 is 11.6 Å². The van der Waals surface area contributed by atoms with Crippen molar-refractivity contribution in [1.29, 1.82) is 0 Å². The lowest BCUT2D eigenvalue weighted by molar-refractivity contribution is -0.131. The van der Waals surface area contributed by atoms with Gasteiger partial charge < -0.3 is 18.6 Å². The van der Waals surface area contributed by atoms with Gasteiger partial charge in [-0.15, -0.1) is 0 Å². The molecule has 0 spiro atoms. The van der Waals surface area contributed by atoms with Crippen molar-refractivity contribution < 1.29 is 23.4 Å². The molecule has 6 nitrogen and oxygen atoms in total. The lowest BCUT2D eigenvalue weighted by atomic mass is 10.1. The molecule has 0 fully saturated rings. The van der Waals surface area contributed by atoms with Crippen LogP contribution in [0.25, 0.3) is 11.0 Å². The van der Waals surface area contributed by atoms with Crippen LogP contribution >= 0.6 is 0 Å². The summed E-state index contributed by atoms with van der Waals surface area (Å²) >= 11 is 0. The Bertz CT molecular complexity index is 1100. The highest BCUT2D eigenvalue weighted by Gasteiger charge is 2.21. The summed E-state index contributed by atoms with van der Waals surface area (Å²) < 4.78 is 22.8. The summed E-state index contributed by atoms with van der Waals surface area (Å²) in [7, 11) is 0. The lowest BCUT2D eigenvalue weighted by Gasteiger charge is -2.13. The first-order valence-electron chi connectivity index (χ1n) is 13.7. The van der Waals surface area contributed by atoms with Gasteiger partial charge in [-0.1, -0.05) is 75.2 Å². The standard InChI is InChI=1S/C31H44O6/c1-6-7-8-9-10-11-12-13-21-34-27-19-15-18-26-28(27)37-31(33)30(29(26)36-25(5)32)35-22-20-24(4)17-14-16-23(2)3/h15-16,18-20H,6-14,17,21-22H2,1-5H3. The fraction of sp³-hybridized carbons (Fsp3) is 0.548. The highest BCUT2D eigenvalue weighted by molar-refractivity contribution is 5.91. The van der Waals surface area contributed by atoms with Crippen molar-refractivity contribution in [2.45, 2.75) is 98.8 Å². The Morgan fingerprint density at radius 3 is 2.27 bits per heavy atom. The minimum Gasteiger partial charge on any atom is -0.490 e. The zero-order valence-electron chi connectivity index (χ0n) is 23.3. The number of allylic oxidation sites excluding steroid dienone is 3. The third-order valence-electron chi connectivity index (χ3n) is 6.06. The normalized spacial score (nSPS) is 11.4. The molecule has 0 radical (unpaired) electrons. The van der Waals surface area contributed by atoms with E-state index < -0.39 is 11.6 Å². The molecule has 0 amide bonds. The third-order valence-corrected chi connectivity index (χ3v) is 6.06. The van der Waals surface area contributed by atoms with Gasteiger partial charge in [0, 0.05) is 6.92 Å². The summed E-state index contributed by atoms with van der Waals surface area (Å²) in [6.45, 7) is 10.4. The van der Waals surface area contributed by atoms with Crippen molar-refractivity contribution in [3.63, 3.8) is 0 Å². The molecule has 0 aliphatic rings. The minimum atomic E-state index is -0.706.